The van der Waals surface area contributed by atoms with Gasteiger partial charge in [-0.15, -0.1) is 0 Å². The van der Waals surface area contributed by atoms with Crippen molar-refractivity contribution in [3.63, 3.8) is 0 Å². The molecule has 6 nitrogen and oxygen atoms in total. The second kappa shape index (κ2) is 11.3. The van der Waals surface area contributed by atoms with Crippen molar-refractivity contribution < 1.29 is 9.90 Å². The van der Waals surface area contributed by atoms with E-state index >= 15 is 0 Å². The maximum Gasteiger partial charge on any atom is 0.246 e. The molecule has 24 heavy (non-hydrogen) atoms. The normalized spacial score (nSPS) is 11.4. The van der Waals surface area contributed by atoms with Gasteiger partial charge in [0.2, 0.25) is 5.91 Å². The van der Waals surface area contributed by atoms with Crippen molar-refractivity contribution >= 4 is 17.6 Å². The molecule has 0 aliphatic rings. The number of guanidine groups is 1. The van der Waals surface area contributed by atoms with Crippen LogP contribution in [0.25, 0.3) is 0 Å². The highest BCUT2D eigenvalue weighted by atomic mass is 16.3. The van der Waals surface area contributed by atoms with Crippen LogP contribution in [0.5, 0.6) is 5.75 Å². The second-order valence-electron chi connectivity index (χ2n) is 6.11. The highest BCUT2D eigenvalue weighted by Crippen LogP contribution is 2.13. The molecule has 0 fully saturated rings. The van der Waals surface area contributed by atoms with Gasteiger partial charge in [-0.05, 0) is 43.5 Å². The summed E-state index contributed by atoms with van der Waals surface area (Å²) in [5.74, 6) is 1.36. The van der Waals surface area contributed by atoms with Crippen LogP contribution in [0.4, 0.5) is 5.69 Å². The van der Waals surface area contributed by atoms with E-state index in [0.29, 0.717) is 11.6 Å². The van der Waals surface area contributed by atoms with Gasteiger partial charge < -0.3 is 21.1 Å². The lowest BCUT2D eigenvalue weighted by atomic mass is 10.1. The molecule has 0 spiro atoms. The largest absolute Gasteiger partial charge is 0.508 e. The van der Waals surface area contributed by atoms with Crippen LogP contribution in [0.3, 0.4) is 0 Å². The summed E-state index contributed by atoms with van der Waals surface area (Å²) in [6, 6.07) is 6.35. The van der Waals surface area contributed by atoms with Crippen LogP contribution >= 0.6 is 0 Å². The lowest BCUT2D eigenvalue weighted by molar-refractivity contribution is -0.114. The zero-order valence-electron chi connectivity index (χ0n) is 14.9. The van der Waals surface area contributed by atoms with Crippen molar-refractivity contribution in [2.75, 3.05) is 25.0 Å². The Kier molecular flexibility index (Phi) is 9.34. The summed E-state index contributed by atoms with van der Waals surface area (Å²) in [6.07, 6.45) is 3.50. The van der Waals surface area contributed by atoms with Gasteiger partial charge in [-0.1, -0.05) is 26.7 Å². The fourth-order valence-corrected chi connectivity index (χ4v) is 2.12. The number of carbonyl (C=O) groups excluding carboxylic acids is 1. The van der Waals surface area contributed by atoms with Gasteiger partial charge in [0.05, 0.1) is 0 Å². The Balaban J connectivity index is 2.37. The standard InChI is InChI=1S/C18H30N4O2/c1-4-19-18(20-12-6-5-7-14(2)3)21-13-17(24)22-15-8-10-16(23)11-9-15/h8-11,14,23H,4-7,12-13H2,1-3H3,(H,22,24)(H2,19,20,21). The van der Waals surface area contributed by atoms with Gasteiger partial charge in [-0.2, -0.15) is 0 Å². The fourth-order valence-electron chi connectivity index (χ4n) is 2.12. The molecular weight excluding hydrogens is 304 g/mol. The summed E-state index contributed by atoms with van der Waals surface area (Å²) in [6.45, 7) is 8.08. The Hall–Kier alpha value is -2.24. The average Bonchev–Trinajstić information content (AvgIpc) is 2.54. The molecule has 6 heteroatoms. The highest BCUT2D eigenvalue weighted by molar-refractivity contribution is 5.94. The summed E-state index contributed by atoms with van der Waals surface area (Å²) in [5.41, 5.74) is 0.639. The van der Waals surface area contributed by atoms with Gasteiger partial charge >= 0.3 is 0 Å². The van der Waals surface area contributed by atoms with Crippen LogP contribution < -0.4 is 16.0 Å². The van der Waals surface area contributed by atoms with Crippen molar-refractivity contribution in [3.05, 3.63) is 24.3 Å². The first-order valence-electron chi connectivity index (χ1n) is 8.62. The lowest BCUT2D eigenvalue weighted by Crippen LogP contribution is -2.38. The average molecular weight is 334 g/mol. The van der Waals surface area contributed by atoms with Crippen molar-refractivity contribution in [2.24, 2.45) is 10.9 Å². The molecule has 1 amide bonds. The number of nitrogens with one attached hydrogen (secondary N) is 3. The predicted octanol–water partition coefficient (Wildman–Crippen LogP) is 2.71. The monoisotopic (exact) mass is 334 g/mol. The van der Waals surface area contributed by atoms with E-state index in [1.165, 1.54) is 25.0 Å². The number of aromatic hydroxyl groups is 1. The molecule has 0 aromatic heterocycles. The van der Waals surface area contributed by atoms with E-state index in [-0.39, 0.29) is 18.2 Å². The van der Waals surface area contributed by atoms with E-state index in [9.17, 15) is 9.90 Å². The molecule has 0 aliphatic heterocycles. The summed E-state index contributed by atoms with van der Waals surface area (Å²) in [5, 5.41) is 18.4. The maximum atomic E-state index is 11.9. The number of aliphatic imine (C=N–C) groups is 1. The molecule has 134 valence electrons. The molecule has 0 atom stereocenters. The van der Waals surface area contributed by atoms with Gasteiger partial charge in [0, 0.05) is 18.8 Å². The number of phenols is 1. The smallest absolute Gasteiger partial charge is 0.246 e. The van der Waals surface area contributed by atoms with Gasteiger partial charge in [0.15, 0.2) is 5.96 Å². The molecule has 4 N–H and O–H groups in total. The number of unbranched alkanes of at least 4 members (excludes halogenated alkanes) is 1. The molecule has 1 rings (SSSR count). The molecule has 0 unspecified atom stereocenters. The van der Waals surface area contributed by atoms with E-state index < -0.39 is 0 Å². The highest BCUT2D eigenvalue weighted by Gasteiger charge is 2.03. The molecule has 0 radical (unpaired) electrons. The quantitative estimate of drug-likeness (QED) is 0.242. The Morgan fingerprint density at radius 2 is 1.88 bits per heavy atom. The SMILES string of the molecule is CCNC(=NCC(=O)Nc1ccc(O)cc1)NCCCCC(C)C. The van der Waals surface area contributed by atoms with Crippen LogP contribution in [0.1, 0.15) is 40.0 Å². The molecule has 1 aromatic rings. The van der Waals surface area contributed by atoms with Crippen LogP contribution in [-0.4, -0.2) is 36.6 Å². The van der Waals surface area contributed by atoms with Gasteiger partial charge in [0.25, 0.3) is 0 Å². The molecule has 0 bridgehead atoms. The zero-order valence-corrected chi connectivity index (χ0v) is 14.9. The third kappa shape index (κ3) is 9.02. The molecule has 0 saturated carbocycles. The predicted molar refractivity (Wildman–Crippen MR) is 99.4 cm³/mol. The molecular formula is C18H30N4O2. The van der Waals surface area contributed by atoms with E-state index in [4.69, 9.17) is 0 Å². The molecule has 0 saturated heterocycles. The van der Waals surface area contributed by atoms with Gasteiger partial charge in [-0.3, -0.25) is 4.79 Å². The summed E-state index contributed by atoms with van der Waals surface area (Å²) >= 11 is 0. The van der Waals surface area contributed by atoms with E-state index in [1.54, 1.807) is 12.1 Å². The van der Waals surface area contributed by atoms with Gasteiger partial charge in [-0.25, -0.2) is 4.99 Å². The number of phenolic OH excluding ortho intramolecular Hbond substituents is 1. The summed E-state index contributed by atoms with van der Waals surface area (Å²) < 4.78 is 0. The van der Waals surface area contributed by atoms with Crippen LogP contribution in [-0.2, 0) is 4.79 Å². The number of benzene rings is 1. The maximum absolute atomic E-state index is 11.9. The topological polar surface area (TPSA) is 85.8 Å². The van der Waals surface area contributed by atoms with Crippen LogP contribution in [0.2, 0.25) is 0 Å². The number of anilines is 1. The first-order valence-corrected chi connectivity index (χ1v) is 8.62. The Bertz CT molecular complexity index is 512. The van der Waals surface area contributed by atoms with Crippen LogP contribution in [0, 0.1) is 5.92 Å². The number of amides is 1. The molecule has 0 heterocycles. The first-order chi connectivity index (χ1) is 11.5. The van der Waals surface area contributed by atoms with Crippen molar-refractivity contribution in [1.82, 2.24) is 10.6 Å². The van der Waals surface area contributed by atoms with Crippen molar-refractivity contribution in [1.29, 1.82) is 0 Å². The second-order valence-corrected chi connectivity index (χ2v) is 6.11. The molecule has 1 aromatic carbocycles. The Labute approximate surface area is 144 Å². The Morgan fingerprint density at radius 1 is 1.17 bits per heavy atom. The Morgan fingerprint density at radius 3 is 2.50 bits per heavy atom. The third-order valence-electron chi connectivity index (χ3n) is 3.38. The van der Waals surface area contributed by atoms with Crippen LogP contribution in [0.15, 0.2) is 29.3 Å². The van der Waals surface area contributed by atoms with Gasteiger partial charge in [0.1, 0.15) is 12.3 Å². The van der Waals surface area contributed by atoms with Crippen molar-refractivity contribution in [2.45, 2.75) is 40.0 Å². The fraction of sp³-hybridized carbons (Fsp3) is 0.556. The summed E-state index contributed by atoms with van der Waals surface area (Å²) in [7, 11) is 0. The lowest BCUT2D eigenvalue weighted by Gasteiger charge is -2.11. The molecule has 0 aliphatic carbocycles. The first kappa shape index (κ1) is 19.8. The van der Waals surface area contributed by atoms with E-state index in [0.717, 1.165) is 25.4 Å². The summed E-state index contributed by atoms with van der Waals surface area (Å²) in [4.78, 5) is 16.2. The minimum atomic E-state index is -0.197. The van der Waals surface area contributed by atoms with E-state index in [2.05, 4.69) is 34.8 Å². The minimum Gasteiger partial charge on any atom is -0.508 e. The number of hydrogen-bond donors (Lipinski definition) is 4. The van der Waals surface area contributed by atoms with E-state index in [1.807, 2.05) is 6.92 Å². The minimum absolute atomic E-state index is 0.0439. The number of carbonyl (C=O) groups is 1. The number of hydrogen-bond acceptors (Lipinski definition) is 3. The van der Waals surface area contributed by atoms with Crippen molar-refractivity contribution in [3.8, 4) is 5.75 Å². The number of rotatable bonds is 9. The third-order valence-corrected chi connectivity index (χ3v) is 3.38. The zero-order chi connectivity index (χ0) is 17.8. The number of nitrogens with zero attached hydrogens (tertiary/aromatic N) is 1.